The molecule has 0 aromatic carbocycles. The maximum absolute atomic E-state index is 8.68. The van der Waals surface area contributed by atoms with Crippen molar-refractivity contribution in [3.63, 3.8) is 0 Å². The third-order valence-electron chi connectivity index (χ3n) is 1.11. The Morgan fingerprint density at radius 2 is 1.80 bits per heavy atom. The molecule has 3 nitrogen and oxygen atoms in total. The van der Waals surface area contributed by atoms with Gasteiger partial charge in [0.15, 0.2) is 0 Å². The zero-order chi connectivity index (χ0) is 7.33. The molecule has 4 heteroatoms. The quantitative estimate of drug-likeness (QED) is 0.504. The number of aliphatic hydroxyl groups is 2. The van der Waals surface area contributed by atoms with Gasteiger partial charge in [0.05, 0.1) is 13.2 Å². The van der Waals surface area contributed by atoms with E-state index in [0.717, 1.165) is 0 Å². The molecule has 0 amide bonds. The Balaban J connectivity index is 0. The molecule has 3 N–H and O–H groups in total. The van der Waals surface area contributed by atoms with Crippen molar-refractivity contribution in [1.29, 1.82) is 0 Å². The fraction of sp³-hybridized carbons (Fsp3) is 1.00. The van der Waals surface area contributed by atoms with Gasteiger partial charge in [0, 0.05) is 33.8 Å². The fourth-order valence-electron chi connectivity index (χ4n) is 0.450. The molecule has 0 bridgehead atoms. The Bertz CT molecular complexity index is 78.1. The van der Waals surface area contributed by atoms with E-state index in [9.17, 15) is 0 Å². The van der Waals surface area contributed by atoms with Crippen molar-refractivity contribution in [3.8, 4) is 0 Å². The Morgan fingerprint density at radius 3 is 2.10 bits per heavy atom. The summed E-state index contributed by atoms with van der Waals surface area (Å²) in [5, 5.41) is 20.0. The molecule has 0 aromatic rings. The van der Waals surface area contributed by atoms with Crippen LogP contribution in [-0.2, 0) is 21.7 Å². The molecule has 0 aliphatic carbocycles. The molecule has 60 valence electrons. The summed E-state index contributed by atoms with van der Waals surface area (Å²) in [6, 6.07) is 0. The van der Waals surface area contributed by atoms with Crippen molar-refractivity contribution >= 4 is 0 Å². The third kappa shape index (κ3) is 6.71. The van der Waals surface area contributed by atoms with E-state index in [2.05, 4.69) is 5.32 Å². The van der Waals surface area contributed by atoms with E-state index >= 15 is 0 Å². The molecule has 0 spiro atoms. The van der Waals surface area contributed by atoms with Gasteiger partial charge in [0.2, 0.25) is 0 Å². The summed E-state index contributed by atoms with van der Waals surface area (Å²) in [5.41, 5.74) is -0.261. The summed E-state index contributed by atoms with van der Waals surface area (Å²) >= 11 is 0. The van der Waals surface area contributed by atoms with Gasteiger partial charge in [0.25, 0.3) is 0 Å². The van der Waals surface area contributed by atoms with Crippen LogP contribution in [0.15, 0.2) is 0 Å². The molecule has 0 unspecified atom stereocenters. The van der Waals surface area contributed by atoms with E-state index in [1.807, 2.05) is 13.8 Å². The Labute approximate surface area is 76.7 Å². The maximum atomic E-state index is 8.68. The first kappa shape index (κ1) is 13.2. The van der Waals surface area contributed by atoms with Crippen LogP contribution in [0.5, 0.6) is 0 Å². The zero-order valence-corrected chi connectivity index (χ0v) is 8.08. The summed E-state index contributed by atoms with van der Waals surface area (Å²) in [7, 11) is 0. The number of rotatable bonds is 4. The molecule has 0 rings (SSSR count). The van der Waals surface area contributed by atoms with Crippen LogP contribution in [0, 0.1) is 0 Å². The summed E-state index contributed by atoms with van der Waals surface area (Å²) in [6.07, 6.45) is 0. The third-order valence-corrected chi connectivity index (χ3v) is 1.11. The molecule has 10 heavy (non-hydrogen) atoms. The van der Waals surface area contributed by atoms with Gasteiger partial charge in [-0.05, 0) is 13.8 Å². The Morgan fingerprint density at radius 1 is 1.30 bits per heavy atom. The van der Waals surface area contributed by atoms with Crippen LogP contribution in [0.2, 0.25) is 0 Å². The minimum absolute atomic E-state index is 0. The average Bonchev–Trinajstić information content (AvgIpc) is 1.84. The first-order chi connectivity index (χ1) is 4.12. The second kappa shape index (κ2) is 6.31. The summed E-state index contributed by atoms with van der Waals surface area (Å²) in [5.74, 6) is 0. The average molecular weight is 181 g/mol. The van der Waals surface area contributed by atoms with Crippen LogP contribution < -0.4 is 5.32 Å². The number of hydrogen-bond acceptors (Lipinski definition) is 3. The van der Waals surface area contributed by atoms with Gasteiger partial charge < -0.3 is 15.5 Å². The predicted octanol–water partition coefficient (Wildman–Crippen LogP) is -0.663. The zero-order valence-electron chi connectivity index (χ0n) is 6.52. The van der Waals surface area contributed by atoms with Crippen molar-refractivity contribution in [2.45, 2.75) is 19.4 Å². The van der Waals surface area contributed by atoms with Gasteiger partial charge in [-0.15, -0.1) is 0 Å². The molecule has 0 aromatic heterocycles. The van der Waals surface area contributed by atoms with Gasteiger partial charge in [-0.25, -0.2) is 0 Å². The van der Waals surface area contributed by atoms with E-state index in [1.54, 1.807) is 0 Å². The van der Waals surface area contributed by atoms with E-state index in [0.29, 0.717) is 6.54 Å². The van der Waals surface area contributed by atoms with E-state index in [1.165, 1.54) is 0 Å². The SMILES string of the molecule is CC(C)(CO)NCCO.[Ti]. The minimum Gasteiger partial charge on any atom is -0.395 e. The maximum Gasteiger partial charge on any atom is 0.0607 e. The molecule has 0 aliphatic rings. The Hall–Kier alpha value is 0.594. The molecule has 0 atom stereocenters. The van der Waals surface area contributed by atoms with Crippen molar-refractivity contribution in [1.82, 2.24) is 5.32 Å². The molecule has 0 heterocycles. The monoisotopic (exact) mass is 181 g/mol. The molecule has 0 aliphatic heterocycles. The van der Waals surface area contributed by atoms with E-state index in [4.69, 9.17) is 10.2 Å². The van der Waals surface area contributed by atoms with Gasteiger partial charge in [-0.3, -0.25) is 0 Å². The van der Waals surface area contributed by atoms with Gasteiger partial charge in [-0.2, -0.15) is 0 Å². The van der Waals surface area contributed by atoms with Crippen LogP contribution in [-0.4, -0.2) is 35.5 Å². The second-order valence-electron chi connectivity index (χ2n) is 2.69. The first-order valence-electron chi connectivity index (χ1n) is 3.09. The van der Waals surface area contributed by atoms with Crippen LogP contribution in [0.3, 0.4) is 0 Å². The van der Waals surface area contributed by atoms with Crippen molar-refractivity contribution in [2.75, 3.05) is 19.8 Å². The number of β-amino-alcohol motifs (C(OH)–C–C–N with tert-alkyl or cyclic N) is 1. The van der Waals surface area contributed by atoms with Crippen molar-refractivity contribution in [3.05, 3.63) is 0 Å². The van der Waals surface area contributed by atoms with Crippen molar-refractivity contribution < 1.29 is 31.9 Å². The van der Waals surface area contributed by atoms with E-state index < -0.39 is 0 Å². The number of nitrogens with one attached hydrogen (secondary N) is 1. The first-order valence-corrected chi connectivity index (χ1v) is 3.09. The molecule has 0 radical (unpaired) electrons. The van der Waals surface area contributed by atoms with Gasteiger partial charge in [0.1, 0.15) is 0 Å². The Kier molecular flexibility index (Phi) is 8.34. The molecule has 0 saturated carbocycles. The van der Waals surface area contributed by atoms with E-state index in [-0.39, 0.29) is 40.5 Å². The van der Waals surface area contributed by atoms with Crippen molar-refractivity contribution in [2.24, 2.45) is 0 Å². The standard InChI is InChI=1S/C6H15NO2.Ti/c1-6(2,5-9)7-3-4-8;/h7-9H,3-5H2,1-2H3;. The predicted molar refractivity (Wildman–Crippen MR) is 36.3 cm³/mol. The minimum atomic E-state index is -0.261. The summed E-state index contributed by atoms with van der Waals surface area (Å²) in [4.78, 5) is 0. The topological polar surface area (TPSA) is 52.5 Å². The molecular formula is C6H15NO2Ti. The fourth-order valence-corrected chi connectivity index (χ4v) is 0.450. The number of hydrogen-bond donors (Lipinski definition) is 3. The largest absolute Gasteiger partial charge is 0.395 e. The van der Waals surface area contributed by atoms with Gasteiger partial charge in [-0.1, -0.05) is 0 Å². The summed E-state index contributed by atoms with van der Waals surface area (Å²) < 4.78 is 0. The normalized spacial score (nSPS) is 10.8. The number of aliphatic hydroxyl groups excluding tert-OH is 2. The second-order valence-corrected chi connectivity index (χ2v) is 2.69. The molecule has 0 saturated heterocycles. The van der Waals surface area contributed by atoms with Gasteiger partial charge >= 0.3 is 0 Å². The van der Waals surface area contributed by atoms with Crippen LogP contribution in [0.4, 0.5) is 0 Å². The molecule has 0 fully saturated rings. The van der Waals surface area contributed by atoms with Crippen LogP contribution >= 0.6 is 0 Å². The van der Waals surface area contributed by atoms with Crippen LogP contribution in [0.25, 0.3) is 0 Å². The molecular weight excluding hydrogens is 166 g/mol. The summed E-state index contributed by atoms with van der Waals surface area (Å²) in [6.45, 7) is 4.50. The van der Waals surface area contributed by atoms with Crippen LogP contribution in [0.1, 0.15) is 13.8 Å². The smallest absolute Gasteiger partial charge is 0.0607 e.